The quantitative estimate of drug-likeness (QED) is 0.337. The number of amides is 1. The number of likely N-dealkylation sites (N-methyl/N-ethyl adjacent to an activating group) is 1. The van der Waals surface area contributed by atoms with Crippen molar-refractivity contribution in [3.63, 3.8) is 0 Å². The smallest absolute Gasteiger partial charge is 0.243 e. The Labute approximate surface area is 214 Å². The summed E-state index contributed by atoms with van der Waals surface area (Å²) < 4.78 is 6.19. The van der Waals surface area contributed by atoms with Crippen LogP contribution in [0.15, 0.2) is 35.3 Å². The zero-order valence-electron chi connectivity index (χ0n) is 19.9. The third-order valence-corrected chi connectivity index (χ3v) is 7.86. The molecule has 4 aliphatic rings. The summed E-state index contributed by atoms with van der Waals surface area (Å²) in [5.74, 6) is 2.56. The lowest BCUT2D eigenvalue weighted by atomic mass is 9.95. The number of carbonyl (C=O) groups is 1. The van der Waals surface area contributed by atoms with E-state index < -0.39 is 0 Å². The molecule has 0 aromatic heterocycles. The normalized spacial score (nSPS) is 31.3. The summed E-state index contributed by atoms with van der Waals surface area (Å²) in [6.45, 7) is 4.59. The summed E-state index contributed by atoms with van der Waals surface area (Å²) in [5.41, 5.74) is 1.34. The van der Waals surface area contributed by atoms with Gasteiger partial charge in [0.25, 0.3) is 0 Å². The summed E-state index contributed by atoms with van der Waals surface area (Å²) >= 11 is 0. The molecule has 7 nitrogen and oxygen atoms in total. The van der Waals surface area contributed by atoms with Gasteiger partial charge in [0.05, 0.1) is 18.8 Å². The van der Waals surface area contributed by atoms with Crippen LogP contribution in [-0.2, 0) is 16.1 Å². The predicted molar refractivity (Wildman–Crippen MR) is 141 cm³/mol. The molecular formula is C25H38IN5O2. The van der Waals surface area contributed by atoms with Gasteiger partial charge in [-0.3, -0.25) is 9.69 Å². The van der Waals surface area contributed by atoms with Crippen LogP contribution in [-0.4, -0.2) is 91.6 Å². The van der Waals surface area contributed by atoms with E-state index in [2.05, 4.69) is 45.4 Å². The molecule has 5 unspecified atom stereocenters. The van der Waals surface area contributed by atoms with Gasteiger partial charge in [-0.15, -0.1) is 24.0 Å². The minimum absolute atomic E-state index is 0. The molecule has 2 aliphatic carbocycles. The van der Waals surface area contributed by atoms with Crippen molar-refractivity contribution in [3.05, 3.63) is 35.9 Å². The van der Waals surface area contributed by atoms with Gasteiger partial charge in [0, 0.05) is 46.3 Å². The molecule has 182 valence electrons. The minimum Gasteiger partial charge on any atom is -0.373 e. The number of nitrogens with one attached hydrogen (secondary N) is 1. The standard InChI is InChI=1S/C25H37N5O2.HI/c1-28(2)24(31)14-26-25(27-21-13-19-8-9-20(21)12-19)30-16-22-23(17-30)32-11-10-29(22)15-18-6-4-3-5-7-18;/h3-7,19-23H,8-17H2,1-2H3,(H,26,27);1H. The largest absolute Gasteiger partial charge is 0.373 e. The van der Waals surface area contributed by atoms with Gasteiger partial charge in [0.15, 0.2) is 5.96 Å². The van der Waals surface area contributed by atoms with Crippen LogP contribution >= 0.6 is 24.0 Å². The van der Waals surface area contributed by atoms with E-state index in [-0.39, 0.29) is 42.5 Å². The fourth-order valence-corrected chi connectivity index (χ4v) is 6.05. The second-order valence-corrected chi connectivity index (χ2v) is 10.2. The van der Waals surface area contributed by atoms with Crippen molar-refractivity contribution in [2.75, 3.05) is 46.9 Å². The Hall–Kier alpha value is -1.39. The summed E-state index contributed by atoms with van der Waals surface area (Å²) in [6, 6.07) is 11.5. The molecule has 2 heterocycles. The maximum absolute atomic E-state index is 12.3. The van der Waals surface area contributed by atoms with E-state index in [4.69, 9.17) is 9.73 Å². The van der Waals surface area contributed by atoms with Crippen LogP contribution in [0.2, 0.25) is 0 Å². The molecule has 33 heavy (non-hydrogen) atoms. The third-order valence-electron chi connectivity index (χ3n) is 7.86. The van der Waals surface area contributed by atoms with Crippen molar-refractivity contribution in [3.8, 4) is 0 Å². The molecule has 1 aromatic rings. The Balaban J connectivity index is 0.00000259. The highest BCUT2D eigenvalue weighted by molar-refractivity contribution is 14.0. The average Bonchev–Trinajstić information content (AvgIpc) is 3.53. The minimum atomic E-state index is 0. The highest BCUT2D eigenvalue weighted by Gasteiger charge is 2.44. The first kappa shape index (κ1) is 24.7. The molecule has 0 spiro atoms. The molecule has 2 bridgehead atoms. The number of carbonyl (C=O) groups excluding carboxylic acids is 1. The second kappa shape index (κ2) is 10.9. The number of hydrogen-bond donors (Lipinski definition) is 1. The number of nitrogens with zero attached hydrogens (tertiary/aromatic N) is 4. The zero-order chi connectivity index (χ0) is 22.1. The molecule has 2 saturated carbocycles. The van der Waals surface area contributed by atoms with Gasteiger partial charge in [0.1, 0.15) is 6.54 Å². The number of morpholine rings is 1. The lowest BCUT2D eigenvalue weighted by Gasteiger charge is -2.36. The second-order valence-electron chi connectivity index (χ2n) is 10.2. The van der Waals surface area contributed by atoms with Crippen LogP contribution in [0.5, 0.6) is 0 Å². The highest BCUT2D eigenvalue weighted by Crippen LogP contribution is 2.44. The molecular weight excluding hydrogens is 529 g/mol. The van der Waals surface area contributed by atoms with E-state index in [0.717, 1.165) is 50.6 Å². The maximum atomic E-state index is 12.3. The Kier molecular flexibility index (Phi) is 8.17. The fourth-order valence-electron chi connectivity index (χ4n) is 6.05. The summed E-state index contributed by atoms with van der Waals surface area (Å²) in [7, 11) is 3.58. The number of halogens is 1. The number of guanidine groups is 1. The van der Waals surface area contributed by atoms with Gasteiger partial charge < -0.3 is 19.9 Å². The topological polar surface area (TPSA) is 60.4 Å². The number of benzene rings is 1. The van der Waals surface area contributed by atoms with Crippen LogP contribution in [0.25, 0.3) is 0 Å². The summed E-state index contributed by atoms with van der Waals surface area (Å²) in [6.07, 6.45) is 5.48. The number of aliphatic imine (C=N–C) groups is 1. The SMILES string of the molecule is CN(C)C(=O)CN=C(NC1CC2CCC1C2)N1CC2OCCN(Cc3ccccc3)C2C1.I. The summed E-state index contributed by atoms with van der Waals surface area (Å²) in [4.78, 5) is 23.6. The maximum Gasteiger partial charge on any atom is 0.243 e. The van der Waals surface area contributed by atoms with Gasteiger partial charge in [-0.2, -0.15) is 0 Å². The van der Waals surface area contributed by atoms with Gasteiger partial charge in [-0.25, -0.2) is 4.99 Å². The zero-order valence-corrected chi connectivity index (χ0v) is 22.2. The lowest BCUT2D eigenvalue weighted by molar-refractivity contribution is -0.127. The van der Waals surface area contributed by atoms with Gasteiger partial charge in [-0.05, 0) is 36.7 Å². The summed E-state index contributed by atoms with van der Waals surface area (Å²) in [5, 5.41) is 3.79. The van der Waals surface area contributed by atoms with Gasteiger partial charge in [-0.1, -0.05) is 36.8 Å². The Bertz CT molecular complexity index is 835. The van der Waals surface area contributed by atoms with Gasteiger partial charge in [0.2, 0.25) is 5.91 Å². The number of rotatable bonds is 5. The van der Waals surface area contributed by atoms with Crippen molar-refractivity contribution < 1.29 is 9.53 Å². The van der Waals surface area contributed by atoms with Crippen molar-refractivity contribution in [1.82, 2.24) is 20.0 Å². The highest BCUT2D eigenvalue weighted by atomic mass is 127. The van der Waals surface area contributed by atoms with Crippen molar-refractivity contribution in [2.45, 2.75) is 50.4 Å². The molecule has 1 aromatic carbocycles. The van der Waals surface area contributed by atoms with Crippen LogP contribution in [0.1, 0.15) is 31.2 Å². The van der Waals surface area contributed by atoms with Crippen LogP contribution < -0.4 is 5.32 Å². The van der Waals surface area contributed by atoms with E-state index in [1.807, 2.05) is 0 Å². The molecule has 2 saturated heterocycles. The third kappa shape index (κ3) is 5.65. The van der Waals surface area contributed by atoms with Crippen LogP contribution in [0, 0.1) is 11.8 Å². The van der Waals surface area contributed by atoms with Gasteiger partial charge >= 0.3 is 0 Å². The molecule has 8 heteroatoms. The number of ether oxygens (including phenoxy) is 1. The molecule has 0 radical (unpaired) electrons. The molecule has 5 rings (SSSR count). The first-order valence-electron chi connectivity index (χ1n) is 12.2. The monoisotopic (exact) mass is 567 g/mol. The Morgan fingerprint density at radius 2 is 2.00 bits per heavy atom. The van der Waals surface area contributed by atoms with Crippen molar-refractivity contribution >= 4 is 35.8 Å². The lowest BCUT2D eigenvalue weighted by Crippen LogP contribution is -2.50. The first-order valence-corrected chi connectivity index (χ1v) is 12.2. The number of hydrogen-bond acceptors (Lipinski definition) is 4. The van der Waals surface area contributed by atoms with E-state index in [1.54, 1.807) is 19.0 Å². The Morgan fingerprint density at radius 3 is 2.70 bits per heavy atom. The molecule has 1 N–H and O–H groups in total. The van der Waals surface area contributed by atoms with E-state index in [0.29, 0.717) is 12.1 Å². The molecule has 4 fully saturated rings. The first-order chi connectivity index (χ1) is 15.6. The predicted octanol–water partition coefficient (Wildman–Crippen LogP) is 2.41. The fraction of sp³-hybridized carbons (Fsp3) is 0.680. The van der Waals surface area contributed by atoms with E-state index in [1.165, 1.54) is 31.2 Å². The van der Waals surface area contributed by atoms with E-state index >= 15 is 0 Å². The number of likely N-dealkylation sites (tertiary alicyclic amines) is 1. The average molecular weight is 568 g/mol. The molecule has 1 amide bonds. The van der Waals surface area contributed by atoms with Crippen molar-refractivity contribution in [1.29, 1.82) is 0 Å². The number of fused-ring (bicyclic) bond motifs is 3. The Morgan fingerprint density at radius 1 is 1.18 bits per heavy atom. The van der Waals surface area contributed by atoms with Crippen LogP contribution in [0.4, 0.5) is 0 Å². The van der Waals surface area contributed by atoms with Crippen LogP contribution in [0.3, 0.4) is 0 Å². The van der Waals surface area contributed by atoms with Crippen molar-refractivity contribution in [2.24, 2.45) is 16.8 Å². The molecule has 5 atom stereocenters. The molecule has 2 aliphatic heterocycles. The van der Waals surface area contributed by atoms with E-state index in [9.17, 15) is 4.79 Å².